The zero-order chi connectivity index (χ0) is 10.6. The van der Waals surface area contributed by atoms with Crippen molar-refractivity contribution in [1.29, 1.82) is 0 Å². The summed E-state index contributed by atoms with van der Waals surface area (Å²) in [6, 6.07) is 3.53. The first kappa shape index (κ1) is 10.5. The van der Waals surface area contributed by atoms with Crippen LogP contribution in [0.3, 0.4) is 0 Å². The van der Waals surface area contributed by atoms with Crippen LogP contribution in [0.4, 0.5) is 0 Å². The van der Waals surface area contributed by atoms with Crippen molar-refractivity contribution in [3.05, 3.63) is 12.1 Å². The predicted molar refractivity (Wildman–Crippen MR) is 52.7 cm³/mol. The molecule has 0 saturated heterocycles. The highest BCUT2D eigenvalue weighted by atomic mass is 16.5. The molecule has 1 rings (SSSR count). The Balaban J connectivity index is 3.28. The normalized spacial score (nSPS) is 9.43. The summed E-state index contributed by atoms with van der Waals surface area (Å²) in [5, 5.41) is 0. The fourth-order valence-corrected chi connectivity index (χ4v) is 1.23. The van der Waals surface area contributed by atoms with Gasteiger partial charge in [-0.25, -0.2) is 0 Å². The van der Waals surface area contributed by atoms with Crippen molar-refractivity contribution >= 4 is 0 Å². The molecule has 0 aliphatic carbocycles. The Morgan fingerprint density at radius 3 is 1.21 bits per heavy atom. The number of hydrogen-bond acceptors (Lipinski definition) is 4. The van der Waals surface area contributed by atoms with Gasteiger partial charge in [0.15, 0.2) is 11.5 Å². The molecule has 0 fully saturated rings. The quantitative estimate of drug-likeness (QED) is 0.738. The van der Waals surface area contributed by atoms with Gasteiger partial charge in [-0.05, 0) is 12.1 Å². The number of methoxy groups -OCH3 is 4. The van der Waals surface area contributed by atoms with Crippen molar-refractivity contribution in [2.75, 3.05) is 28.4 Å². The van der Waals surface area contributed by atoms with Crippen LogP contribution in [0.2, 0.25) is 0 Å². The molecule has 4 heteroatoms. The monoisotopic (exact) mass is 198 g/mol. The van der Waals surface area contributed by atoms with Crippen LogP contribution in [0.5, 0.6) is 23.0 Å². The maximum Gasteiger partial charge on any atom is 0.207 e. The summed E-state index contributed by atoms with van der Waals surface area (Å²) in [5.41, 5.74) is 0. The van der Waals surface area contributed by atoms with Crippen LogP contribution in [0.15, 0.2) is 12.1 Å². The number of hydrogen-bond donors (Lipinski definition) is 0. The topological polar surface area (TPSA) is 36.9 Å². The third kappa shape index (κ3) is 1.69. The summed E-state index contributed by atoms with van der Waals surface area (Å²) < 4.78 is 20.6. The molecule has 0 saturated carbocycles. The first-order valence-corrected chi connectivity index (χ1v) is 4.11. The molecule has 0 amide bonds. The van der Waals surface area contributed by atoms with E-state index in [9.17, 15) is 0 Å². The lowest BCUT2D eigenvalue weighted by atomic mass is 10.2. The van der Waals surface area contributed by atoms with Crippen LogP contribution >= 0.6 is 0 Å². The van der Waals surface area contributed by atoms with E-state index in [0.29, 0.717) is 23.0 Å². The summed E-state index contributed by atoms with van der Waals surface area (Å²) in [5.74, 6) is 2.30. The molecular weight excluding hydrogens is 184 g/mol. The van der Waals surface area contributed by atoms with Crippen LogP contribution in [0, 0.1) is 0 Å². The van der Waals surface area contributed by atoms with E-state index in [1.807, 2.05) is 0 Å². The maximum atomic E-state index is 5.17. The zero-order valence-electron chi connectivity index (χ0n) is 8.79. The minimum absolute atomic E-state index is 0.536. The second-order valence-corrected chi connectivity index (χ2v) is 2.54. The first-order chi connectivity index (χ1) is 6.78. The Labute approximate surface area is 83.3 Å². The highest BCUT2D eigenvalue weighted by Gasteiger charge is 2.15. The van der Waals surface area contributed by atoms with Gasteiger partial charge < -0.3 is 18.9 Å². The molecule has 0 heterocycles. The summed E-state index contributed by atoms with van der Waals surface area (Å²) in [6.45, 7) is 0. The average Bonchev–Trinajstić information content (AvgIpc) is 2.26. The van der Waals surface area contributed by atoms with Crippen molar-refractivity contribution in [2.45, 2.75) is 0 Å². The summed E-state index contributed by atoms with van der Waals surface area (Å²) in [6.07, 6.45) is 0. The fraction of sp³-hybridized carbons (Fsp3) is 0.400. The van der Waals surface area contributed by atoms with E-state index in [1.165, 1.54) is 0 Å². The minimum Gasteiger partial charge on any atom is -0.493 e. The molecular formula is C10H14O4. The molecule has 0 radical (unpaired) electrons. The standard InChI is InChI=1S/C10H14O4/c1-11-7-5-6-8(12-2)10(14-4)9(7)13-3/h5-6H,1-4H3. The van der Waals surface area contributed by atoms with Gasteiger partial charge in [-0.2, -0.15) is 0 Å². The molecule has 0 aromatic heterocycles. The van der Waals surface area contributed by atoms with Gasteiger partial charge >= 0.3 is 0 Å². The Hall–Kier alpha value is -1.58. The third-order valence-electron chi connectivity index (χ3n) is 1.89. The van der Waals surface area contributed by atoms with Gasteiger partial charge in [0.25, 0.3) is 0 Å². The Morgan fingerprint density at radius 2 is 1.00 bits per heavy atom. The molecule has 0 bridgehead atoms. The molecule has 0 aliphatic heterocycles. The van der Waals surface area contributed by atoms with Crippen molar-refractivity contribution in [1.82, 2.24) is 0 Å². The van der Waals surface area contributed by atoms with Crippen molar-refractivity contribution in [3.8, 4) is 23.0 Å². The van der Waals surface area contributed by atoms with E-state index in [0.717, 1.165) is 0 Å². The lowest BCUT2D eigenvalue weighted by molar-refractivity contribution is 0.305. The molecule has 0 spiro atoms. The van der Waals surface area contributed by atoms with Gasteiger partial charge in [0.05, 0.1) is 28.4 Å². The van der Waals surface area contributed by atoms with Crippen LogP contribution < -0.4 is 18.9 Å². The van der Waals surface area contributed by atoms with Crippen LogP contribution in [0.25, 0.3) is 0 Å². The summed E-state index contributed by atoms with van der Waals surface area (Å²) in [4.78, 5) is 0. The van der Waals surface area contributed by atoms with E-state index in [4.69, 9.17) is 18.9 Å². The van der Waals surface area contributed by atoms with Crippen molar-refractivity contribution in [3.63, 3.8) is 0 Å². The van der Waals surface area contributed by atoms with Gasteiger partial charge in [0.1, 0.15) is 0 Å². The lowest BCUT2D eigenvalue weighted by Gasteiger charge is -2.14. The number of benzene rings is 1. The first-order valence-electron chi connectivity index (χ1n) is 4.11. The third-order valence-corrected chi connectivity index (χ3v) is 1.89. The smallest absolute Gasteiger partial charge is 0.207 e. The van der Waals surface area contributed by atoms with E-state index < -0.39 is 0 Å². The molecule has 1 aromatic carbocycles. The second-order valence-electron chi connectivity index (χ2n) is 2.54. The van der Waals surface area contributed by atoms with Gasteiger partial charge in [0, 0.05) is 0 Å². The molecule has 1 aromatic rings. The Kier molecular flexibility index (Phi) is 3.45. The van der Waals surface area contributed by atoms with E-state index >= 15 is 0 Å². The predicted octanol–water partition coefficient (Wildman–Crippen LogP) is 1.72. The number of rotatable bonds is 4. The molecule has 14 heavy (non-hydrogen) atoms. The molecule has 4 nitrogen and oxygen atoms in total. The van der Waals surface area contributed by atoms with Gasteiger partial charge in [-0.3, -0.25) is 0 Å². The SMILES string of the molecule is COc1ccc(OC)c(OC)c1OC. The largest absolute Gasteiger partial charge is 0.493 e. The maximum absolute atomic E-state index is 5.17. The van der Waals surface area contributed by atoms with Crippen LogP contribution in [0.1, 0.15) is 0 Å². The molecule has 0 atom stereocenters. The van der Waals surface area contributed by atoms with Crippen LogP contribution in [-0.2, 0) is 0 Å². The Morgan fingerprint density at radius 1 is 0.643 bits per heavy atom. The summed E-state index contributed by atoms with van der Waals surface area (Å²) >= 11 is 0. The molecule has 0 N–H and O–H groups in total. The average molecular weight is 198 g/mol. The van der Waals surface area contributed by atoms with Gasteiger partial charge in [0.2, 0.25) is 11.5 Å². The van der Waals surface area contributed by atoms with E-state index in [2.05, 4.69) is 0 Å². The molecule has 0 unspecified atom stereocenters. The molecule has 0 aliphatic rings. The van der Waals surface area contributed by atoms with Gasteiger partial charge in [-0.1, -0.05) is 0 Å². The van der Waals surface area contributed by atoms with Crippen LogP contribution in [-0.4, -0.2) is 28.4 Å². The zero-order valence-corrected chi connectivity index (χ0v) is 8.79. The fourth-order valence-electron chi connectivity index (χ4n) is 1.23. The van der Waals surface area contributed by atoms with E-state index in [-0.39, 0.29) is 0 Å². The lowest BCUT2D eigenvalue weighted by Crippen LogP contribution is -1.97. The number of ether oxygens (including phenoxy) is 4. The molecule has 78 valence electrons. The van der Waals surface area contributed by atoms with E-state index in [1.54, 1.807) is 40.6 Å². The highest BCUT2D eigenvalue weighted by molar-refractivity contribution is 5.58. The summed E-state index contributed by atoms with van der Waals surface area (Å²) in [7, 11) is 6.26. The van der Waals surface area contributed by atoms with Crippen molar-refractivity contribution in [2.24, 2.45) is 0 Å². The Bertz CT molecular complexity index is 278. The minimum atomic E-state index is 0.536. The van der Waals surface area contributed by atoms with Gasteiger partial charge in [-0.15, -0.1) is 0 Å². The van der Waals surface area contributed by atoms with Crippen molar-refractivity contribution < 1.29 is 18.9 Å². The highest BCUT2D eigenvalue weighted by Crippen LogP contribution is 2.43. The second kappa shape index (κ2) is 4.60.